The molecule has 0 fully saturated rings. The van der Waals surface area contributed by atoms with Crippen molar-refractivity contribution in [2.45, 2.75) is 6.10 Å². The Hall–Kier alpha value is -0.0600. The fourth-order valence-electron chi connectivity index (χ4n) is 0.465. The molecule has 0 rings (SSSR count). The number of aliphatic hydroxyl groups is 2. The molecule has 1 unspecified atom stereocenters. The molecule has 2 atom stereocenters. The molecule has 0 amide bonds. The van der Waals surface area contributed by atoms with E-state index in [9.17, 15) is 4.79 Å². The van der Waals surface area contributed by atoms with Crippen LogP contribution in [0.15, 0.2) is 0 Å². The number of hydrogen-bond acceptors (Lipinski definition) is 5. The molecule has 66 valence electrons. The highest BCUT2D eigenvalue weighted by Crippen LogP contribution is 2.30. The molecule has 0 spiro atoms. The summed E-state index contributed by atoms with van der Waals surface area (Å²) in [4.78, 5) is 19.6. The van der Waals surface area contributed by atoms with E-state index in [1.54, 1.807) is 0 Å². The first-order chi connectivity index (χ1) is 5.11. The third-order valence-corrected chi connectivity index (χ3v) is 2.58. The molecule has 5 nitrogen and oxygen atoms in total. The van der Waals surface area contributed by atoms with Crippen molar-refractivity contribution in [2.75, 3.05) is 19.3 Å². The minimum atomic E-state index is -1.86. The lowest BCUT2D eigenvalue weighted by atomic mass is 10.4. The van der Waals surface area contributed by atoms with Crippen molar-refractivity contribution in [1.82, 2.24) is 0 Å². The molecule has 0 aromatic carbocycles. The van der Waals surface area contributed by atoms with E-state index in [4.69, 9.17) is 20.8 Å². The third kappa shape index (κ3) is 4.40. The molecule has 0 aliphatic rings. The largest absolute Gasteiger partial charge is 0.394 e. The van der Waals surface area contributed by atoms with Crippen LogP contribution >= 0.6 is 8.15 Å². The normalized spacial score (nSPS) is 16.0. The summed E-state index contributed by atoms with van der Waals surface area (Å²) < 4.78 is 0. The van der Waals surface area contributed by atoms with Gasteiger partial charge in [0.2, 0.25) is 0 Å². The smallest absolute Gasteiger partial charge is 0.194 e. The Labute approximate surface area is 65.7 Å². The quantitative estimate of drug-likeness (QED) is 0.375. The summed E-state index contributed by atoms with van der Waals surface area (Å²) in [6.45, 7) is -0.669. The lowest BCUT2D eigenvalue weighted by Crippen LogP contribution is -2.20. The number of carbonyl (C=O) groups excluding carboxylic acids is 1. The molecule has 0 bridgehead atoms. The average molecular weight is 181 g/mol. The minimum Gasteiger partial charge on any atom is -0.394 e. The molecule has 0 radical (unpaired) electrons. The number of carbonyl (C=O) groups is 1. The van der Waals surface area contributed by atoms with Crippen LogP contribution in [-0.2, 0) is 4.79 Å². The zero-order valence-corrected chi connectivity index (χ0v) is 6.87. The van der Waals surface area contributed by atoms with Gasteiger partial charge < -0.3 is 20.8 Å². The first-order valence-corrected chi connectivity index (χ1v) is 4.58. The Bertz CT molecular complexity index is 132. The standard InChI is InChI=1S/C5H12NO4P/c6-1-5(9)11(10)3-4(8)2-7/h4,7-8,10H,1-3,6H2/t4-,11?/m0/s1. The second-order valence-corrected chi connectivity index (χ2v) is 3.68. The van der Waals surface area contributed by atoms with Crippen LogP contribution in [0.4, 0.5) is 0 Å². The van der Waals surface area contributed by atoms with E-state index in [1.165, 1.54) is 0 Å². The van der Waals surface area contributed by atoms with Crippen LogP contribution in [0.25, 0.3) is 0 Å². The van der Waals surface area contributed by atoms with Crippen molar-refractivity contribution >= 4 is 13.7 Å². The van der Waals surface area contributed by atoms with Gasteiger partial charge in [0.05, 0.1) is 27.4 Å². The molecule has 0 saturated carbocycles. The highest BCUT2D eigenvalue weighted by Gasteiger charge is 2.17. The molecule has 0 saturated heterocycles. The van der Waals surface area contributed by atoms with Crippen LogP contribution in [0.5, 0.6) is 0 Å². The Morgan fingerprint density at radius 3 is 2.55 bits per heavy atom. The van der Waals surface area contributed by atoms with E-state index in [-0.39, 0.29) is 12.7 Å². The molecule has 0 aliphatic carbocycles. The summed E-state index contributed by atoms with van der Waals surface area (Å²) in [5.74, 6) is 0. The first kappa shape index (κ1) is 10.9. The Morgan fingerprint density at radius 1 is 1.64 bits per heavy atom. The van der Waals surface area contributed by atoms with Crippen LogP contribution in [0.3, 0.4) is 0 Å². The van der Waals surface area contributed by atoms with E-state index in [0.29, 0.717) is 0 Å². The summed E-state index contributed by atoms with van der Waals surface area (Å²) in [6, 6.07) is 0. The van der Waals surface area contributed by atoms with Gasteiger partial charge in [0.15, 0.2) is 5.52 Å². The molecular formula is C5H12NO4P. The SMILES string of the molecule is NCC(=O)P(O)C[C@@H](O)CO. The highest BCUT2D eigenvalue weighted by atomic mass is 31.1. The molecule has 0 aromatic rings. The van der Waals surface area contributed by atoms with E-state index in [2.05, 4.69) is 0 Å². The predicted octanol–water partition coefficient (Wildman–Crippen LogP) is -1.79. The predicted molar refractivity (Wildman–Crippen MR) is 41.2 cm³/mol. The number of hydrogen-bond donors (Lipinski definition) is 4. The van der Waals surface area contributed by atoms with Crippen LogP contribution in [0.2, 0.25) is 0 Å². The highest BCUT2D eigenvalue weighted by molar-refractivity contribution is 7.69. The second-order valence-electron chi connectivity index (χ2n) is 2.02. The molecule has 5 N–H and O–H groups in total. The van der Waals surface area contributed by atoms with Crippen molar-refractivity contribution in [3.63, 3.8) is 0 Å². The van der Waals surface area contributed by atoms with E-state index < -0.39 is 26.4 Å². The lowest BCUT2D eigenvalue weighted by molar-refractivity contribution is -0.110. The molecule has 0 aromatic heterocycles. The maximum absolute atomic E-state index is 10.6. The Morgan fingerprint density at radius 2 is 2.18 bits per heavy atom. The summed E-state index contributed by atoms with van der Waals surface area (Å²) >= 11 is 0. The van der Waals surface area contributed by atoms with Crippen molar-refractivity contribution in [3.05, 3.63) is 0 Å². The molecule has 6 heteroatoms. The van der Waals surface area contributed by atoms with Crippen molar-refractivity contribution < 1.29 is 19.9 Å². The topological polar surface area (TPSA) is 104 Å². The van der Waals surface area contributed by atoms with Gasteiger partial charge in [-0.1, -0.05) is 0 Å². The molecule has 11 heavy (non-hydrogen) atoms. The van der Waals surface area contributed by atoms with Gasteiger partial charge in [0.25, 0.3) is 0 Å². The van der Waals surface area contributed by atoms with Crippen molar-refractivity contribution in [3.8, 4) is 0 Å². The molecule has 0 heterocycles. The van der Waals surface area contributed by atoms with Crippen molar-refractivity contribution in [2.24, 2.45) is 5.73 Å². The van der Waals surface area contributed by atoms with Gasteiger partial charge in [-0.2, -0.15) is 0 Å². The zero-order chi connectivity index (χ0) is 8.85. The second kappa shape index (κ2) is 5.57. The summed E-state index contributed by atoms with van der Waals surface area (Å²) in [6.07, 6.45) is -1.12. The minimum absolute atomic E-state index is 0.0954. The molecular weight excluding hydrogens is 169 g/mol. The van der Waals surface area contributed by atoms with Gasteiger partial charge in [-0.15, -0.1) is 0 Å². The van der Waals surface area contributed by atoms with Crippen molar-refractivity contribution in [1.29, 1.82) is 0 Å². The van der Waals surface area contributed by atoms with Crippen LogP contribution in [-0.4, -0.2) is 46.0 Å². The van der Waals surface area contributed by atoms with E-state index in [1.807, 2.05) is 0 Å². The summed E-state index contributed by atoms with van der Waals surface area (Å²) in [5.41, 5.74) is 4.49. The molecule has 0 aliphatic heterocycles. The maximum atomic E-state index is 10.6. The van der Waals surface area contributed by atoms with E-state index >= 15 is 0 Å². The Kier molecular flexibility index (Phi) is 5.54. The maximum Gasteiger partial charge on any atom is 0.194 e. The summed E-state index contributed by atoms with van der Waals surface area (Å²) in [7, 11) is -1.86. The zero-order valence-electron chi connectivity index (χ0n) is 5.97. The van der Waals surface area contributed by atoms with Gasteiger partial charge in [-0.05, 0) is 0 Å². The van der Waals surface area contributed by atoms with Crippen LogP contribution in [0, 0.1) is 0 Å². The average Bonchev–Trinajstić information content (AvgIpc) is 2.02. The lowest BCUT2D eigenvalue weighted by Gasteiger charge is -2.10. The fraction of sp³-hybridized carbons (Fsp3) is 0.800. The number of nitrogens with two attached hydrogens (primary N) is 1. The van der Waals surface area contributed by atoms with Gasteiger partial charge in [0, 0.05) is 6.16 Å². The van der Waals surface area contributed by atoms with Crippen LogP contribution < -0.4 is 5.73 Å². The van der Waals surface area contributed by atoms with Gasteiger partial charge >= 0.3 is 0 Å². The third-order valence-electron chi connectivity index (χ3n) is 1.06. The monoisotopic (exact) mass is 181 g/mol. The van der Waals surface area contributed by atoms with E-state index in [0.717, 1.165) is 0 Å². The first-order valence-electron chi connectivity index (χ1n) is 3.10. The number of rotatable bonds is 5. The van der Waals surface area contributed by atoms with Crippen LogP contribution in [0.1, 0.15) is 0 Å². The Balaban J connectivity index is 3.67. The fourth-order valence-corrected chi connectivity index (χ4v) is 1.39. The summed E-state index contributed by atoms with van der Waals surface area (Å²) in [5, 5.41) is 17.1. The number of aliphatic hydroxyl groups excluding tert-OH is 2. The van der Waals surface area contributed by atoms with Gasteiger partial charge in [-0.3, -0.25) is 4.79 Å². The van der Waals surface area contributed by atoms with Gasteiger partial charge in [-0.25, -0.2) is 0 Å². The van der Waals surface area contributed by atoms with Gasteiger partial charge in [0.1, 0.15) is 0 Å².